The molecular weight excluding hydrogens is 577 g/mol. The molecule has 45 heavy (non-hydrogen) atoms. The first-order valence-corrected chi connectivity index (χ1v) is 15.0. The van der Waals surface area contributed by atoms with E-state index in [-0.39, 0.29) is 23.7 Å². The van der Waals surface area contributed by atoms with Crippen LogP contribution in [0.5, 0.6) is 11.5 Å². The maximum atomic E-state index is 16.4. The van der Waals surface area contributed by atoms with Crippen molar-refractivity contribution >= 4 is 11.7 Å². The molecule has 1 amide bonds. The Morgan fingerprint density at radius 3 is 1.91 bits per heavy atom. The molecule has 236 valence electrons. The number of hydrogen-bond donors (Lipinski definition) is 1. The minimum atomic E-state index is -1.93. The maximum Gasteiger partial charge on any atom is 0.225 e. The van der Waals surface area contributed by atoms with Crippen LogP contribution in [0.4, 0.5) is 4.39 Å². The van der Waals surface area contributed by atoms with E-state index in [1.165, 1.54) is 20.0 Å². The molecule has 0 unspecified atom stereocenters. The molecule has 0 radical (unpaired) electrons. The molecule has 6 rings (SSSR count). The van der Waals surface area contributed by atoms with Gasteiger partial charge in [-0.05, 0) is 73.6 Å². The summed E-state index contributed by atoms with van der Waals surface area (Å²) in [6.45, 7) is 4.20. The highest BCUT2D eigenvalue weighted by atomic mass is 19.1. The predicted octanol–water partition coefficient (Wildman–Crippen LogP) is 5.31. The maximum absolute atomic E-state index is 16.4. The van der Waals surface area contributed by atoms with Crippen LogP contribution < -0.4 is 9.47 Å². The van der Waals surface area contributed by atoms with Gasteiger partial charge in [-0.3, -0.25) is 14.5 Å². The van der Waals surface area contributed by atoms with Gasteiger partial charge in [0.15, 0.2) is 18.2 Å². The summed E-state index contributed by atoms with van der Waals surface area (Å²) in [5.74, 6) is 0.389. The number of fused-ring (bicyclic) bond motifs is 3. The third kappa shape index (κ3) is 4.94. The second-order valence-electron chi connectivity index (χ2n) is 12.3. The molecule has 3 fully saturated rings. The van der Waals surface area contributed by atoms with Gasteiger partial charge in [0.2, 0.25) is 5.91 Å². The summed E-state index contributed by atoms with van der Waals surface area (Å²) in [5.41, 5.74) is -1.50. The Kier molecular flexibility index (Phi) is 7.83. The first-order chi connectivity index (χ1) is 21.5. The molecule has 0 spiro atoms. The molecule has 1 aliphatic heterocycles. The summed E-state index contributed by atoms with van der Waals surface area (Å²) in [6, 6.07) is 25.0. The van der Waals surface area contributed by atoms with Crippen LogP contribution in [-0.2, 0) is 24.7 Å². The van der Waals surface area contributed by atoms with Crippen LogP contribution in [0.3, 0.4) is 0 Å². The number of carbonyl (C=O) groups excluding carboxylic acids is 2. The zero-order valence-electron chi connectivity index (χ0n) is 26.0. The van der Waals surface area contributed by atoms with Gasteiger partial charge in [0.25, 0.3) is 0 Å². The molecule has 0 bridgehead atoms. The van der Waals surface area contributed by atoms with Crippen LogP contribution in [-0.4, -0.2) is 65.6 Å². The fourth-order valence-corrected chi connectivity index (χ4v) is 7.08. The number of halogens is 1. The van der Waals surface area contributed by atoms with E-state index in [4.69, 9.17) is 18.9 Å². The van der Waals surface area contributed by atoms with E-state index in [1.807, 2.05) is 78.9 Å². The van der Waals surface area contributed by atoms with Gasteiger partial charge in [-0.1, -0.05) is 54.6 Å². The van der Waals surface area contributed by atoms with Crippen molar-refractivity contribution < 1.29 is 38.0 Å². The van der Waals surface area contributed by atoms with Gasteiger partial charge in [-0.15, -0.1) is 0 Å². The average molecular weight is 616 g/mol. The number of benzene rings is 3. The molecule has 6 atom stereocenters. The van der Waals surface area contributed by atoms with Crippen molar-refractivity contribution in [3.05, 3.63) is 107 Å². The van der Waals surface area contributed by atoms with Crippen molar-refractivity contribution in [3.8, 4) is 11.5 Å². The lowest BCUT2D eigenvalue weighted by Crippen LogP contribution is -2.51. The number of ketones is 1. The van der Waals surface area contributed by atoms with Crippen molar-refractivity contribution in [1.82, 2.24) is 4.90 Å². The lowest BCUT2D eigenvalue weighted by Gasteiger charge is -2.41. The first kappa shape index (κ1) is 31.0. The van der Waals surface area contributed by atoms with Gasteiger partial charge < -0.3 is 24.1 Å². The number of hydrogen-bond acceptors (Lipinski definition) is 7. The summed E-state index contributed by atoms with van der Waals surface area (Å²) in [5, 5.41) is 11.9. The minimum Gasteiger partial charge on any atom is -0.497 e. The van der Waals surface area contributed by atoms with Crippen molar-refractivity contribution in [3.63, 3.8) is 0 Å². The summed E-state index contributed by atoms with van der Waals surface area (Å²) >= 11 is 0. The highest BCUT2D eigenvalue weighted by Gasteiger charge is 2.81. The quantitative estimate of drug-likeness (QED) is 0.244. The van der Waals surface area contributed by atoms with Crippen molar-refractivity contribution in [2.24, 2.45) is 5.92 Å². The topological polar surface area (TPSA) is 94.5 Å². The molecule has 1 N–H and O–H groups in total. The smallest absolute Gasteiger partial charge is 0.225 e. The second kappa shape index (κ2) is 11.4. The Hall–Kier alpha value is -4.05. The molecule has 3 aromatic rings. The largest absolute Gasteiger partial charge is 0.497 e. The van der Waals surface area contributed by atoms with Crippen LogP contribution in [0.25, 0.3) is 0 Å². The zero-order chi connectivity index (χ0) is 32.1. The van der Waals surface area contributed by atoms with Crippen LogP contribution in [0.15, 0.2) is 90.6 Å². The highest BCUT2D eigenvalue weighted by molar-refractivity contribution is 5.93. The van der Waals surface area contributed by atoms with E-state index in [9.17, 15) is 14.7 Å². The number of nitrogens with zero attached hydrogens (tertiary/aromatic N) is 1. The molecule has 1 saturated heterocycles. The van der Waals surface area contributed by atoms with Crippen molar-refractivity contribution in [1.29, 1.82) is 0 Å². The SMILES string of the molecule is COc1ccc(C(O[C@]23C[C@H]2C[C@]2(O)[C@H](F)[C@H](N(/C=C(/C)C(C)=O)C(C)=O)O[C@@H]23)(c2ccccc2)c2ccc(OC)cc2)cc1. The standard InChI is InChI=1S/C36H38FNO7/c1-22(23(2)39)21-38(24(3)40)32-31(37)34(41)19-28-20-35(28,33(34)44-32)45-36(25-9-7-6-8-10-25,26-11-15-29(42-4)16-12-26)27-13-17-30(43-5)18-14-27/h6-18,21,28,31-33,41H,19-20H2,1-5H3/b22-21-/t28-,31-,32-,33+,34+,35-/m1/s1. The number of methoxy groups -OCH3 is 2. The fraction of sp³-hybridized carbons (Fsp3) is 0.389. The molecule has 1 heterocycles. The Morgan fingerprint density at radius 1 is 0.889 bits per heavy atom. The Labute approximate surface area is 262 Å². The van der Waals surface area contributed by atoms with Gasteiger partial charge in [0.05, 0.1) is 14.2 Å². The minimum absolute atomic E-state index is 0.104. The van der Waals surface area contributed by atoms with E-state index in [2.05, 4.69) is 0 Å². The van der Waals surface area contributed by atoms with Crippen molar-refractivity contribution in [2.75, 3.05) is 14.2 Å². The van der Waals surface area contributed by atoms with Crippen LogP contribution in [0, 0.1) is 5.92 Å². The monoisotopic (exact) mass is 615 g/mol. The normalized spacial score (nSPS) is 28.6. The number of ether oxygens (including phenoxy) is 4. The second-order valence-corrected chi connectivity index (χ2v) is 12.3. The van der Waals surface area contributed by atoms with E-state index < -0.39 is 41.2 Å². The van der Waals surface area contributed by atoms with E-state index in [1.54, 1.807) is 21.1 Å². The summed E-state index contributed by atoms with van der Waals surface area (Å²) in [4.78, 5) is 25.8. The Balaban J connectivity index is 1.48. The number of allylic oxidation sites excluding steroid dienone is 1. The van der Waals surface area contributed by atoms with E-state index >= 15 is 4.39 Å². The lowest BCUT2D eigenvalue weighted by molar-refractivity contribution is -0.172. The van der Waals surface area contributed by atoms with Gasteiger partial charge in [-0.25, -0.2) is 4.39 Å². The molecule has 2 saturated carbocycles. The third-order valence-electron chi connectivity index (χ3n) is 9.61. The Bertz CT molecular complexity index is 1560. The lowest BCUT2D eigenvalue weighted by atomic mass is 9.79. The molecule has 3 aliphatic rings. The van der Waals surface area contributed by atoms with Gasteiger partial charge in [0, 0.05) is 18.7 Å². The number of aliphatic hydroxyl groups is 1. The first-order valence-electron chi connectivity index (χ1n) is 15.0. The van der Waals surface area contributed by atoms with E-state index in [0.29, 0.717) is 17.9 Å². The molecule has 0 aromatic heterocycles. The number of carbonyl (C=O) groups is 2. The molecule has 8 nitrogen and oxygen atoms in total. The summed E-state index contributed by atoms with van der Waals surface area (Å²) < 4.78 is 41.0. The summed E-state index contributed by atoms with van der Waals surface area (Å²) in [7, 11) is 3.20. The zero-order valence-corrected chi connectivity index (χ0v) is 26.0. The van der Waals surface area contributed by atoms with E-state index in [0.717, 1.165) is 21.6 Å². The molecular formula is C36H38FNO7. The number of amides is 1. The molecule has 3 aromatic carbocycles. The number of alkyl halides is 1. The number of rotatable bonds is 10. The number of Topliss-reactive ketones (excluding diaryl/α,β-unsaturated/α-hetero) is 1. The predicted molar refractivity (Wildman–Crippen MR) is 164 cm³/mol. The van der Waals surface area contributed by atoms with Gasteiger partial charge >= 0.3 is 0 Å². The van der Waals surface area contributed by atoms with Gasteiger partial charge in [-0.2, -0.15) is 0 Å². The van der Waals surface area contributed by atoms with Crippen LogP contribution >= 0.6 is 0 Å². The third-order valence-corrected chi connectivity index (χ3v) is 9.61. The van der Waals surface area contributed by atoms with Gasteiger partial charge in [0.1, 0.15) is 34.4 Å². The molecule has 2 aliphatic carbocycles. The van der Waals surface area contributed by atoms with Crippen LogP contribution in [0.1, 0.15) is 50.3 Å². The summed E-state index contributed by atoms with van der Waals surface area (Å²) in [6.07, 6.45) is -2.50. The Morgan fingerprint density at radius 2 is 1.42 bits per heavy atom. The highest BCUT2D eigenvalue weighted by Crippen LogP contribution is 2.69. The van der Waals surface area contributed by atoms with Crippen LogP contribution in [0.2, 0.25) is 0 Å². The molecule has 9 heteroatoms. The van der Waals surface area contributed by atoms with Crippen molar-refractivity contribution in [2.45, 2.75) is 68.9 Å². The average Bonchev–Trinajstić information content (AvgIpc) is 3.57. The fourth-order valence-electron chi connectivity index (χ4n) is 7.08.